The van der Waals surface area contributed by atoms with Crippen LogP contribution in [0.4, 0.5) is 0 Å². The number of benzene rings is 3. The van der Waals surface area contributed by atoms with Gasteiger partial charge in [-0.3, -0.25) is 0 Å². The molecule has 0 amide bonds. The lowest BCUT2D eigenvalue weighted by molar-refractivity contribution is 0.415. The number of ether oxygens (including phenoxy) is 1. The molecule has 1 heterocycles. The maximum atomic E-state index is 5.22. The van der Waals surface area contributed by atoms with Crippen LogP contribution in [0.25, 0.3) is 33.2 Å². The summed E-state index contributed by atoms with van der Waals surface area (Å²) in [7, 11) is 3.74. The molecule has 22 heavy (non-hydrogen) atoms. The van der Waals surface area contributed by atoms with Gasteiger partial charge in [0.2, 0.25) is 0 Å². The minimum Gasteiger partial charge on any atom is -0.497 e. The van der Waals surface area contributed by atoms with Crippen LogP contribution in [0.1, 0.15) is 0 Å². The van der Waals surface area contributed by atoms with Gasteiger partial charge in [-0.1, -0.05) is 30.3 Å². The van der Waals surface area contributed by atoms with Crippen molar-refractivity contribution in [3.05, 3.63) is 60.7 Å². The van der Waals surface area contributed by atoms with Crippen molar-refractivity contribution in [2.45, 2.75) is 0 Å². The van der Waals surface area contributed by atoms with Crippen LogP contribution in [0.3, 0.4) is 0 Å². The molecule has 0 aliphatic carbocycles. The monoisotopic (exact) mass is 288 g/mol. The first kappa shape index (κ1) is 12.9. The van der Waals surface area contributed by atoms with E-state index in [9.17, 15) is 0 Å². The van der Waals surface area contributed by atoms with Crippen LogP contribution in [-0.4, -0.2) is 16.7 Å². The molecule has 3 aromatic carbocycles. The molecule has 0 bridgehead atoms. The van der Waals surface area contributed by atoms with Gasteiger partial charge in [0.1, 0.15) is 11.6 Å². The Morgan fingerprint density at radius 3 is 2.45 bits per heavy atom. The van der Waals surface area contributed by atoms with Crippen LogP contribution in [0.2, 0.25) is 0 Å². The van der Waals surface area contributed by atoms with Crippen molar-refractivity contribution < 1.29 is 4.74 Å². The summed E-state index contributed by atoms with van der Waals surface area (Å²) < 4.78 is 7.37. The summed E-state index contributed by atoms with van der Waals surface area (Å²) in [5.74, 6) is 1.82. The molecule has 0 unspecified atom stereocenters. The highest BCUT2D eigenvalue weighted by atomic mass is 16.5. The molecule has 3 heteroatoms. The third-order valence-electron chi connectivity index (χ3n) is 4.12. The summed E-state index contributed by atoms with van der Waals surface area (Å²) in [6.07, 6.45) is 0. The highest BCUT2D eigenvalue weighted by Gasteiger charge is 2.12. The number of hydrogen-bond donors (Lipinski definition) is 0. The van der Waals surface area contributed by atoms with E-state index in [1.165, 1.54) is 10.8 Å². The zero-order valence-electron chi connectivity index (χ0n) is 12.6. The fourth-order valence-corrected chi connectivity index (χ4v) is 2.93. The molecular formula is C19H16N2O. The van der Waals surface area contributed by atoms with Crippen molar-refractivity contribution in [1.29, 1.82) is 0 Å². The van der Waals surface area contributed by atoms with Crippen LogP contribution in [0.5, 0.6) is 5.75 Å². The summed E-state index contributed by atoms with van der Waals surface area (Å²) in [6.45, 7) is 0. The minimum atomic E-state index is 0.855. The highest BCUT2D eigenvalue weighted by molar-refractivity contribution is 6.05. The fourth-order valence-electron chi connectivity index (χ4n) is 2.93. The number of methoxy groups -OCH3 is 1. The van der Waals surface area contributed by atoms with E-state index < -0.39 is 0 Å². The van der Waals surface area contributed by atoms with Crippen molar-refractivity contribution in [2.24, 2.45) is 7.05 Å². The first-order valence-electron chi connectivity index (χ1n) is 7.26. The number of imidazole rings is 1. The number of aryl methyl sites for hydroxylation is 1. The lowest BCUT2D eigenvalue weighted by Gasteiger charge is -2.04. The maximum absolute atomic E-state index is 5.22. The van der Waals surface area contributed by atoms with Gasteiger partial charge in [0.25, 0.3) is 0 Å². The van der Waals surface area contributed by atoms with Gasteiger partial charge in [0.05, 0.1) is 18.1 Å². The molecule has 4 aromatic rings. The Morgan fingerprint density at radius 2 is 1.68 bits per heavy atom. The summed E-state index contributed by atoms with van der Waals surface area (Å²) in [5.41, 5.74) is 3.28. The Labute approximate surface area is 128 Å². The molecule has 3 nitrogen and oxygen atoms in total. The number of nitrogens with zero attached hydrogens (tertiary/aromatic N) is 2. The first-order valence-corrected chi connectivity index (χ1v) is 7.26. The Balaban J connectivity index is 1.98. The van der Waals surface area contributed by atoms with Crippen LogP contribution >= 0.6 is 0 Å². The van der Waals surface area contributed by atoms with E-state index in [0.717, 1.165) is 28.2 Å². The Bertz CT molecular complexity index is 968. The predicted molar refractivity (Wildman–Crippen MR) is 90.2 cm³/mol. The van der Waals surface area contributed by atoms with Crippen LogP contribution in [0, 0.1) is 0 Å². The van der Waals surface area contributed by atoms with Crippen molar-refractivity contribution >= 4 is 21.8 Å². The highest BCUT2D eigenvalue weighted by Crippen LogP contribution is 2.29. The van der Waals surface area contributed by atoms with Crippen LogP contribution in [-0.2, 0) is 7.05 Å². The SMILES string of the molecule is COc1ccc(-c2nc3c4ccccc4ccc3n2C)cc1. The number of rotatable bonds is 2. The molecule has 1 aromatic heterocycles. The fraction of sp³-hybridized carbons (Fsp3) is 0.105. The molecular weight excluding hydrogens is 272 g/mol. The predicted octanol–water partition coefficient (Wildman–Crippen LogP) is 4.40. The number of fused-ring (bicyclic) bond motifs is 3. The van der Waals surface area contributed by atoms with Crippen molar-refractivity contribution in [3.63, 3.8) is 0 Å². The van der Waals surface area contributed by atoms with Crippen molar-refractivity contribution in [3.8, 4) is 17.1 Å². The van der Waals surface area contributed by atoms with Gasteiger partial charge in [-0.15, -0.1) is 0 Å². The van der Waals surface area contributed by atoms with Gasteiger partial charge >= 0.3 is 0 Å². The van der Waals surface area contributed by atoms with Gasteiger partial charge in [0.15, 0.2) is 0 Å². The molecule has 0 aliphatic heterocycles. The normalized spacial score (nSPS) is 11.2. The molecule has 0 atom stereocenters. The maximum Gasteiger partial charge on any atom is 0.140 e. The molecule has 108 valence electrons. The zero-order chi connectivity index (χ0) is 15.1. The molecule has 0 aliphatic rings. The minimum absolute atomic E-state index is 0.855. The molecule has 0 saturated carbocycles. The largest absolute Gasteiger partial charge is 0.497 e. The average molecular weight is 288 g/mol. The third-order valence-corrected chi connectivity index (χ3v) is 4.12. The lowest BCUT2D eigenvalue weighted by atomic mass is 10.1. The van der Waals surface area contributed by atoms with Crippen molar-refractivity contribution in [1.82, 2.24) is 9.55 Å². The zero-order valence-corrected chi connectivity index (χ0v) is 12.6. The molecule has 0 saturated heterocycles. The van der Waals surface area contributed by atoms with Crippen LogP contribution < -0.4 is 4.74 Å². The number of hydrogen-bond acceptors (Lipinski definition) is 2. The molecule has 0 spiro atoms. The van der Waals surface area contributed by atoms with E-state index in [-0.39, 0.29) is 0 Å². The van der Waals surface area contributed by atoms with Gasteiger partial charge in [-0.25, -0.2) is 4.98 Å². The van der Waals surface area contributed by atoms with Gasteiger partial charge in [-0.05, 0) is 35.7 Å². The second-order valence-corrected chi connectivity index (χ2v) is 5.38. The second-order valence-electron chi connectivity index (χ2n) is 5.38. The van der Waals surface area contributed by atoms with E-state index in [0.29, 0.717) is 0 Å². The topological polar surface area (TPSA) is 27.1 Å². The summed E-state index contributed by atoms with van der Waals surface area (Å²) in [6, 6.07) is 20.7. The van der Waals surface area contributed by atoms with Gasteiger partial charge in [-0.2, -0.15) is 0 Å². The van der Waals surface area contributed by atoms with E-state index in [1.807, 2.05) is 24.3 Å². The third kappa shape index (κ3) is 1.86. The van der Waals surface area contributed by atoms with E-state index in [2.05, 4.69) is 48.0 Å². The van der Waals surface area contributed by atoms with E-state index in [1.54, 1.807) is 7.11 Å². The number of aromatic nitrogens is 2. The smallest absolute Gasteiger partial charge is 0.140 e. The average Bonchev–Trinajstić information content (AvgIpc) is 2.92. The quantitative estimate of drug-likeness (QED) is 0.546. The second kappa shape index (κ2) is 4.88. The first-order chi connectivity index (χ1) is 10.8. The summed E-state index contributed by atoms with van der Waals surface area (Å²) in [4.78, 5) is 4.89. The van der Waals surface area contributed by atoms with Crippen LogP contribution in [0.15, 0.2) is 60.7 Å². The van der Waals surface area contributed by atoms with Gasteiger partial charge in [0, 0.05) is 18.0 Å². The summed E-state index contributed by atoms with van der Waals surface area (Å²) >= 11 is 0. The molecule has 0 N–H and O–H groups in total. The molecule has 0 fully saturated rings. The Kier molecular flexibility index (Phi) is 2.86. The molecule has 4 rings (SSSR count). The Morgan fingerprint density at radius 1 is 0.909 bits per heavy atom. The van der Waals surface area contributed by atoms with Crippen molar-refractivity contribution in [2.75, 3.05) is 7.11 Å². The lowest BCUT2D eigenvalue weighted by Crippen LogP contribution is -1.92. The summed E-state index contributed by atoms with van der Waals surface area (Å²) in [5, 5.41) is 2.41. The standard InChI is InChI=1S/C19H16N2O/c1-21-17-12-9-13-5-3-4-6-16(13)18(17)20-19(21)14-7-10-15(22-2)11-8-14/h3-12H,1-2H3. The van der Waals surface area contributed by atoms with Gasteiger partial charge < -0.3 is 9.30 Å². The molecule has 0 radical (unpaired) electrons. The van der Waals surface area contributed by atoms with E-state index >= 15 is 0 Å². The van der Waals surface area contributed by atoms with E-state index in [4.69, 9.17) is 9.72 Å². The Hall–Kier alpha value is -2.81.